The third-order valence-electron chi connectivity index (χ3n) is 2.93. The van der Waals surface area contributed by atoms with Gasteiger partial charge in [0, 0.05) is 5.71 Å². The van der Waals surface area contributed by atoms with Crippen molar-refractivity contribution in [3.63, 3.8) is 0 Å². The van der Waals surface area contributed by atoms with E-state index in [4.69, 9.17) is 28.9 Å². The van der Waals surface area contributed by atoms with Crippen LogP contribution in [-0.2, 0) is 0 Å². The molecule has 3 N–H and O–H groups in total. The molecule has 1 aromatic rings. The van der Waals surface area contributed by atoms with Crippen molar-refractivity contribution in [3.8, 4) is 0 Å². The first-order valence-corrected chi connectivity index (χ1v) is 7.02. The highest BCUT2D eigenvalue weighted by molar-refractivity contribution is 6.38. The first-order chi connectivity index (χ1) is 9.16. The van der Waals surface area contributed by atoms with Crippen LogP contribution in [0.5, 0.6) is 0 Å². The van der Waals surface area contributed by atoms with Gasteiger partial charge in [-0.25, -0.2) is 10.4 Å². The molecule has 0 aromatic heterocycles. The number of hydrazone groups is 1. The molecule has 1 aromatic carbocycles. The van der Waals surface area contributed by atoms with Gasteiger partial charge >= 0.3 is 0 Å². The monoisotopic (exact) mass is 334 g/mol. The van der Waals surface area contributed by atoms with E-state index in [1.807, 2.05) is 0 Å². The second kappa shape index (κ2) is 8.35. The summed E-state index contributed by atoms with van der Waals surface area (Å²) < 4.78 is 0. The van der Waals surface area contributed by atoms with E-state index >= 15 is 0 Å². The summed E-state index contributed by atoms with van der Waals surface area (Å²) in [5.74, 6) is 0.188. The molecule has 0 bridgehead atoms. The van der Waals surface area contributed by atoms with E-state index in [-0.39, 0.29) is 18.4 Å². The number of aliphatic imine (C=N–C) groups is 1. The van der Waals surface area contributed by atoms with E-state index < -0.39 is 0 Å². The van der Waals surface area contributed by atoms with Crippen LogP contribution in [0.25, 0.3) is 0 Å². The minimum atomic E-state index is 0. The number of halogens is 3. The van der Waals surface area contributed by atoms with Gasteiger partial charge in [-0.2, -0.15) is 5.10 Å². The zero-order valence-electron chi connectivity index (χ0n) is 10.9. The Kier molecular flexibility index (Phi) is 7.13. The maximum absolute atomic E-state index is 6.01. The minimum absolute atomic E-state index is 0. The molecule has 0 spiro atoms. The van der Waals surface area contributed by atoms with Crippen molar-refractivity contribution < 1.29 is 0 Å². The average Bonchev–Trinajstić information content (AvgIpc) is 2.42. The van der Waals surface area contributed by atoms with Crippen LogP contribution in [0.2, 0.25) is 10.0 Å². The van der Waals surface area contributed by atoms with E-state index in [1.54, 1.807) is 18.2 Å². The molecule has 0 atom stereocenters. The predicted octanol–water partition coefficient (Wildman–Crippen LogP) is 4.27. The number of benzene rings is 1. The van der Waals surface area contributed by atoms with Crippen molar-refractivity contribution in [1.29, 1.82) is 0 Å². The van der Waals surface area contributed by atoms with Crippen LogP contribution in [0.3, 0.4) is 0 Å². The molecular formula is C13H17Cl3N4. The Hall–Kier alpha value is -0.970. The Morgan fingerprint density at radius 2 is 1.70 bits per heavy atom. The topological polar surface area (TPSA) is 62.8 Å². The Bertz CT molecular complexity index is 486. The summed E-state index contributed by atoms with van der Waals surface area (Å²) in [4.78, 5) is 4.15. The van der Waals surface area contributed by atoms with E-state index in [0.717, 1.165) is 18.6 Å². The fourth-order valence-corrected chi connectivity index (χ4v) is 2.43. The van der Waals surface area contributed by atoms with Crippen molar-refractivity contribution in [3.05, 3.63) is 28.2 Å². The number of nitrogens with zero attached hydrogens (tertiary/aromatic N) is 2. The highest BCUT2D eigenvalue weighted by Gasteiger charge is 2.07. The lowest BCUT2D eigenvalue weighted by atomic mass is 9.99. The number of nitrogens with one attached hydrogen (secondary N) is 1. The van der Waals surface area contributed by atoms with Crippen molar-refractivity contribution in [1.82, 2.24) is 5.43 Å². The van der Waals surface area contributed by atoms with Crippen LogP contribution in [0.4, 0.5) is 5.69 Å². The van der Waals surface area contributed by atoms with Gasteiger partial charge < -0.3 is 5.73 Å². The summed E-state index contributed by atoms with van der Waals surface area (Å²) >= 11 is 12.0. The quantitative estimate of drug-likeness (QED) is 0.481. The van der Waals surface area contributed by atoms with Gasteiger partial charge in [0.2, 0.25) is 5.96 Å². The van der Waals surface area contributed by atoms with E-state index in [9.17, 15) is 0 Å². The molecule has 1 saturated carbocycles. The molecule has 1 fully saturated rings. The second-order valence-electron chi connectivity index (χ2n) is 4.42. The SMILES string of the molecule is Cl.NC(=Nc1c(Cl)cccc1Cl)NN=C1CCCCC1. The zero-order chi connectivity index (χ0) is 13.7. The fraction of sp³-hybridized carbons (Fsp3) is 0.385. The van der Waals surface area contributed by atoms with Gasteiger partial charge in [-0.1, -0.05) is 35.7 Å². The Balaban J connectivity index is 0.00000200. The zero-order valence-corrected chi connectivity index (χ0v) is 13.2. The first-order valence-electron chi connectivity index (χ1n) is 6.26. The number of rotatable bonds is 2. The normalized spacial score (nSPS) is 15.5. The van der Waals surface area contributed by atoms with Crippen LogP contribution in [-0.4, -0.2) is 11.7 Å². The number of nitrogens with two attached hydrogens (primary N) is 1. The van der Waals surface area contributed by atoms with Gasteiger partial charge in [-0.3, -0.25) is 0 Å². The molecule has 0 amide bonds. The van der Waals surface area contributed by atoms with Crippen LogP contribution in [0.15, 0.2) is 28.3 Å². The van der Waals surface area contributed by atoms with Gasteiger partial charge in [0.15, 0.2) is 0 Å². The minimum Gasteiger partial charge on any atom is -0.368 e. The molecule has 20 heavy (non-hydrogen) atoms. The number of hydrogen-bond donors (Lipinski definition) is 2. The van der Waals surface area contributed by atoms with Crippen molar-refractivity contribution >= 4 is 53.0 Å². The third-order valence-corrected chi connectivity index (χ3v) is 3.54. The maximum Gasteiger partial charge on any atom is 0.214 e. The molecule has 0 aliphatic heterocycles. The molecular weight excluding hydrogens is 319 g/mol. The van der Waals surface area contributed by atoms with Gasteiger partial charge in [-0.05, 0) is 37.8 Å². The largest absolute Gasteiger partial charge is 0.368 e. The number of guanidine groups is 1. The fourth-order valence-electron chi connectivity index (χ4n) is 1.95. The molecule has 2 rings (SSSR count). The summed E-state index contributed by atoms with van der Waals surface area (Å²) in [5, 5.41) is 5.18. The first kappa shape index (κ1) is 17.1. The van der Waals surface area contributed by atoms with Crippen LogP contribution in [0.1, 0.15) is 32.1 Å². The maximum atomic E-state index is 6.01. The lowest BCUT2D eigenvalue weighted by molar-refractivity contribution is 0.661. The van der Waals surface area contributed by atoms with Gasteiger partial charge in [-0.15, -0.1) is 12.4 Å². The van der Waals surface area contributed by atoms with Crippen molar-refractivity contribution in [2.24, 2.45) is 15.8 Å². The molecule has 110 valence electrons. The van der Waals surface area contributed by atoms with E-state index in [2.05, 4.69) is 15.5 Å². The average molecular weight is 336 g/mol. The number of para-hydroxylation sites is 1. The van der Waals surface area contributed by atoms with E-state index in [1.165, 1.54) is 19.3 Å². The Labute approximate surface area is 134 Å². The molecule has 0 radical (unpaired) electrons. The molecule has 7 heteroatoms. The summed E-state index contributed by atoms with van der Waals surface area (Å²) in [6.45, 7) is 0. The highest BCUT2D eigenvalue weighted by Crippen LogP contribution is 2.32. The van der Waals surface area contributed by atoms with Crippen molar-refractivity contribution in [2.75, 3.05) is 0 Å². The molecule has 1 aliphatic rings. The van der Waals surface area contributed by atoms with E-state index in [0.29, 0.717) is 15.7 Å². The summed E-state index contributed by atoms with van der Waals surface area (Å²) in [6.07, 6.45) is 5.69. The molecule has 4 nitrogen and oxygen atoms in total. The Morgan fingerprint density at radius 1 is 1.10 bits per heavy atom. The summed E-state index contributed by atoms with van der Waals surface area (Å²) in [5.41, 5.74) is 10.1. The second-order valence-corrected chi connectivity index (χ2v) is 5.23. The van der Waals surface area contributed by atoms with Crippen molar-refractivity contribution in [2.45, 2.75) is 32.1 Å². The van der Waals surface area contributed by atoms with Crippen LogP contribution in [0, 0.1) is 0 Å². The van der Waals surface area contributed by atoms with Crippen LogP contribution < -0.4 is 11.2 Å². The molecule has 0 saturated heterocycles. The molecule has 0 unspecified atom stereocenters. The van der Waals surface area contributed by atoms with Gasteiger partial charge in [0.1, 0.15) is 5.69 Å². The van der Waals surface area contributed by atoms with Crippen LogP contribution >= 0.6 is 35.6 Å². The van der Waals surface area contributed by atoms with Gasteiger partial charge in [0.25, 0.3) is 0 Å². The summed E-state index contributed by atoms with van der Waals surface area (Å²) in [7, 11) is 0. The summed E-state index contributed by atoms with van der Waals surface area (Å²) in [6, 6.07) is 5.19. The lowest BCUT2D eigenvalue weighted by Gasteiger charge is -2.12. The standard InChI is InChI=1S/C13H16Cl2N4.ClH/c14-10-7-4-8-11(15)12(10)17-13(16)19-18-9-5-2-1-3-6-9;/h4,7-8H,1-3,5-6H2,(H3,16,17,19);1H. The third kappa shape index (κ3) is 4.85. The smallest absolute Gasteiger partial charge is 0.214 e. The molecule has 0 heterocycles. The Morgan fingerprint density at radius 3 is 2.30 bits per heavy atom. The molecule has 1 aliphatic carbocycles. The lowest BCUT2D eigenvalue weighted by Crippen LogP contribution is -2.28. The van der Waals surface area contributed by atoms with Gasteiger partial charge in [0.05, 0.1) is 10.0 Å². The highest BCUT2D eigenvalue weighted by atomic mass is 35.5. The number of hydrogen-bond acceptors (Lipinski definition) is 2. The predicted molar refractivity (Wildman–Crippen MR) is 88.6 cm³/mol.